The van der Waals surface area contributed by atoms with Crippen molar-refractivity contribution in [1.29, 1.82) is 0 Å². The van der Waals surface area contributed by atoms with Gasteiger partial charge in [-0.3, -0.25) is 14.5 Å². The number of rotatable bonds is 3. The molecule has 1 amide bonds. The van der Waals surface area contributed by atoms with E-state index in [1.807, 2.05) is 12.1 Å². The van der Waals surface area contributed by atoms with Gasteiger partial charge in [0.15, 0.2) is 11.5 Å². The third-order valence-electron chi connectivity index (χ3n) is 5.34. The predicted molar refractivity (Wildman–Crippen MR) is 121 cm³/mol. The molecule has 2 aliphatic rings. The van der Waals surface area contributed by atoms with Gasteiger partial charge >= 0.3 is 5.91 Å². The summed E-state index contributed by atoms with van der Waals surface area (Å²) >= 11 is 3.41. The molecule has 3 aromatic rings. The van der Waals surface area contributed by atoms with Crippen molar-refractivity contribution in [3.63, 3.8) is 0 Å². The molecule has 2 aromatic carbocycles. The lowest BCUT2D eigenvalue weighted by molar-refractivity contribution is -0.132. The maximum Gasteiger partial charge on any atom is 0.301 e. The quantitative estimate of drug-likeness (QED) is 0.334. The van der Waals surface area contributed by atoms with E-state index in [9.17, 15) is 14.7 Å². The Hall–Kier alpha value is -3.65. The Morgan fingerprint density at radius 3 is 2.47 bits per heavy atom. The number of anilines is 1. The molecule has 0 radical (unpaired) electrons. The van der Waals surface area contributed by atoms with Crippen molar-refractivity contribution in [2.24, 2.45) is 0 Å². The molecule has 2 aliphatic heterocycles. The first-order valence-corrected chi connectivity index (χ1v) is 10.7. The first kappa shape index (κ1) is 20.3. The lowest BCUT2D eigenvalue weighted by Gasteiger charge is -2.24. The van der Waals surface area contributed by atoms with Crippen LogP contribution in [0.3, 0.4) is 0 Å². The third kappa shape index (κ3) is 3.42. The van der Waals surface area contributed by atoms with Gasteiger partial charge in [0, 0.05) is 16.2 Å². The first-order chi connectivity index (χ1) is 15.5. The maximum atomic E-state index is 13.1. The van der Waals surface area contributed by atoms with E-state index in [1.54, 1.807) is 54.7 Å². The van der Waals surface area contributed by atoms with Crippen molar-refractivity contribution in [1.82, 2.24) is 4.98 Å². The van der Waals surface area contributed by atoms with Gasteiger partial charge in [0.2, 0.25) is 0 Å². The molecule has 1 unspecified atom stereocenters. The second-order valence-corrected chi connectivity index (χ2v) is 8.18. The van der Waals surface area contributed by atoms with E-state index >= 15 is 0 Å². The number of ether oxygens (including phenoxy) is 2. The zero-order valence-electron chi connectivity index (χ0n) is 16.7. The Balaban J connectivity index is 1.69. The summed E-state index contributed by atoms with van der Waals surface area (Å²) in [6.07, 6.45) is 1.55. The molecular weight excluding hydrogens is 476 g/mol. The molecule has 32 heavy (non-hydrogen) atoms. The number of carbonyl (C=O) groups is 2. The summed E-state index contributed by atoms with van der Waals surface area (Å²) in [6, 6.07) is 16.4. The van der Waals surface area contributed by atoms with Crippen LogP contribution in [0.2, 0.25) is 0 Å². The highest BCUT2D eigenvalue weighted by atomic mass is 79.9. The number of hydrogen-bond donors (Lipinski definition) is 1. The van der Waals surface area contributed by atoms with Gasteiger partial charge in [0.1, 0.15) is 24.8 Å². The van der Waals surface area contributed by atoms with E-state index in [2.05, 4.69) is 20.9 Å². The summed E-state index contributed by atoms with van der Waals surface area (Å²) in [7, 11) is 0. The molecule has 1 fully saturated rings. The maximum absolute atomic E-state index is 13.1. The average molecular weight is 493 g/mol. The smallest absolute Gasteiger partial charge is 0.301 e. The Bertz CT molecular complexity index is 1240. The van der Waals surface area contributed by atoms with Crippen LogP contribution in [0.4, 0.5) is 5.82 Å². The molecule has 1 saturated heterocycles. The minimum absolute atomic E-state index is 0.0142. The number of nitrogens with zero attached hydrogens (tertiary/aromatic N) is 2. The minimum atomic E-state index is -0.841. The van der Waals surface area contributed by atoms with Crippen molar-refractivity contribution in [2.75, 3.05) is 18.1 Å². The summed E-state index contributed by atoms with van der Waals surface area (Å²) in [4.78, 5) is 31.8. The number of aliphatic hydroxyl groups is 1. The predicted octanol–water partition coefficient (Wildman–Crippen LogP) is 4.24. The molecule has 1 N–H and O–H groups in total. The van der Waals surface area contributed by atoms with Crippen LogP contribution in [0.1, 0.15) is 17.2 Å². The second kappa shape index (κ2) is 8.12. The van der Waals surface area contributed by atoms with E-state index in [1.165, 1.54) is 4.90 Å². The van der Waals surface area contributed by atoms with Gasteiger partial charge in [-0.25, -0.2) is 4.98 Å². The fourth-order valence-corrected chi connectivity index (χ4v) is 4.14. The lowest BCUT2D eigenvalue weighted by Crippen LogP contribution is -2.30. The fourth-order valence-electron chi connectivity index (χ4n) is 3.87. The van der Waals surface area contributed by atoms with Gasteiger partial charge in [-0.05, 0) is 48.0 Å². The van der Waals surface area contributed by atoms with Crippen LogP contribution in [0, 0.1) is 0 Å². The van der Waals surface area contributed by atoms with Crippen LogP contribution in [0.25, 0.3) is 5.76 Å². The van der Waals surface area contributed by atoms with Gasteiger partial charge < -0.3 is 14.6 Å². The van der Waals surface area contributed by atoms with Crippen LogP contribution in [0.15, 0.2) is 76.9 Å². The van der Waals surface area contributed by atoms with Crippen molar-refractivity contribution >= 4 is 39.2 Å². The highest BCUT2D eigenvalue weighted by Gasteiger charge is 2.47. The number of hydrogen-bond acceptors (Lipinski definition) is 6. The van der Waals surface area contributed by atoms with Crippen molar-refractivity contribution in [3.05, 3.63) is 88.0 Å². The van der Waals surface area contributed by atoms with Crippen LogP contribution >= 0.6 is 15.9 Å². The minimum Gasteiger partial charge on any atom is -0.507 e. The van der Waals surface area contributed by atoms with Gasteiger partial charge in [0.25, 0.3) is 5.78 Å². The van der Waals surface area contributed by atoms with Crippen LogP contribution in [0.5, 0.6) is 11.5 Å². The average Bonchev–Trinajstić information content (AvgIpc) is 3.09. The summed E-state index contributed by atoms with van der Waals surface area (Å²) in [5.41, 5.74) is 1.01. The molecular formula is C24H17BrN2O5. The van der Waals surface area contributed by atoms with E-state index in [0.29, 0.717) is 41.7 Å². The highest BCUT2D eigenvalue weighted by Crippen LogP contribution is 2.42. The molecule has 5 rings (SSSR count). The lowest BCUT2D eigenvalue weighted by atomic mass is 9.95. The van der Waals surface area contributed by atoms with Gasteiger partial charge in [-0.1, -0.05) is 34.1 Å². The molecule has 1 atom stereocenters. The number of pyridine rings is 1. The highest BCUT2D eigenvalue weighted by molar-refractivity contribution is 9.10. The van der Waals surface area contributed by atoms with E-state index in [-0.39, 0.29) is 11.3 Å². The fraction of sp³-hybridized carbons (Fsp3) is 0.125. The Kier molecular flexibility index (Phi) is 5.14. The van der Waals surface area contributed by atoms with Gasteiger partial charge in [-0.2, -0.15) is 0 Å². The summed E-state index contributed by atoms with van der Waals surface area (Å²) in [6.45, 7) is 0.831. The Labute approximate surface area is 192 Å². The van der Waals surface area contributed by atoms with Crippen LogP contribution in [-0.4, -0.2) is 35.0 Å². The normalized spacial score (nSPS) is 19.3. The number of carbonyl (C=O) groups excluding carboxylic acids is 2. The topological polar surface area (TPSA) is 89.0 Å². The molecule has 1 aromatic heterocycles. The number of benzene rings is 2. The van der Waals surface area contributed by atoms with Gasteiger partial charge in [-0.15, -0.1) is 0 Å². The number of amides is 1. The molecule has 160 valence electrons. The molecule has 3 heterocycles. The molecule has 0 spiro atoms. The Morgan fingerprint density at radius 1 is 1.00 bits per heavy atom. The van der Waals surface area contributed by atoms with Crippen molar-refractivity contribution in [2.45, 2.75) is 6.04 Å². The van der Waals surface area contributed by atoms with Crippen LogP contribution in [-0.2, 0) is 9.59 Å². The Morgan fingerprint density at radius 2 is 1.75 bits per heavy atom. The zero-order chi connectivity index (χ0) is 22.2. The number of aliphatic hydroxyl groups excluding tert-OH is 1. The van der Waals surface area contributed by atoms with Gasteiger partial charge in [0.05, 0.1) is 11.6 Å². The molecule has 0 saturated carbocycles. The summed E-state index contributed by atoms with van der Waals surface area (Å²) in [5, 5.41) is 11.2. The standard InChI is InChI=1S/C24H17BrN2O5/c25-16-7-4-14(5-8-16)21-20(23(29)24(30)27(21)19-3-1-2-10-26-19)22(28)15-6-9-17-18(13-15)32-12-11-31-17/h1-10,13,21,28H,11-12H2/b22-20+. The number of halogens is 1. The monoisotopic (exact) mass is 492 g/mol. The van der Waals surface area contributed by atoms with Crippen molar-refractivity contribution < 1.29 is 24.2 Å². The third-order valence-corrected chi connectivity index (χ3v) is 5.87. The second-order valence-electron chi connectivity index (χ2n) is 7.27. The summed E-state index contributed by atoms with van der Waals surface area (Å²) < 4.78 is 12.0. The molecule has 0 bridgehead atoms. The zero-order valence-corrected chi connectivity index (χ0v) is 18.3. The van der Waals surface area contributed by atoms with Crippen LogP contribution < -0.4 is 14.4 Å². The van der Waals surface area contributed by atoms with E-state index in [0.717, 1.165) is 4.47 Å². The SMILES string of the molecule is O=C1C(=O)N(c2ccccn2)C(c2ccc(Br)cc2)/C1=C(\O)c1ccc2c(c1)OCCO2. The van der Waals surface area contributed by atoms with Crippen molar-refractivity contribution in [3.8, 4) is 11.5 Å². The molecule has 0 aliphatic carbocycles. The number of ketones is 1. The van der Waals surface area contributed by atoms with E-state index in [4.69, 9.17) is 9.47 Å². The first-order valence-electron chi connectivity index (χ1n) is 9.92. The number of fused-ring (bicyclic) bond motifs is 1. The largest absolute Gasteiger partial charge is 0.507 e. The molecule has 8 heteroatoms. The molecule has 7 nitrogen and oxygen atoms in total. The van der Waals surface area contributed by atoms with E-state index < -0.39 is 17.7 Å². The number of Topliss-reactive ketones (excluding diaryl/α,β-unsaturated/α-hetero) is 1. The number of aromatic nitrogens is 1. The summed E-state index contributed by atoms with van der Waals surface area (Å²) in [5.74, 6) is -0.465.